The van der Waals surface area contributed by atoms with E-state index in [-0.39, 0.29) is 17.3 Å². The topological polar surface area (TPSA) is 80.3 Å². The van der Waals surface area contributed by atoms with E-state index >= 15 is 0 Å². The number of benzene rings is 1. The summed E-state index contributed by atoms with van der Waals surface area (Å²) in [6, 6.07) is 9.32. The molecule has 2 amide bonds. The quantitative estimate of drug-likeness (QED) is 0.769. The Morgan fingerprint density at radius 3 is 2.50 bits per heavy atom. The van der Waals surface area contributed by atoms with Crippen LogP contribution in [0.4, 0.5) is 5.69 Å². The molecule has 2 N–H and O–H groups in total. The van der Waals surface area contributed by atoms with Crippen molar-refractivity contribution >= 4 is 40.7 Å². The van der Waals surface area contributed by atoms with Crippen molar-refractivity contribution in [1.82, 2.24) is 10.3 Å². The number of rotatable bonds is 6. The second kappa shape index (κ2) is 8.63. The summed E-state index contributed by atoms with van der Waals surface area (Å²) < 4.78 is 4.85. The Morgan fingerprint density at radius 2 is 1.83 bits per heavy atom. The zero-order valence-electron chi connectivity index (χ0n) is 12.8. The predicted octanol–water partition coefficient (Wildman–Crippen LogP) is 3.02. The van der Waals surface area contributed by atoms with E-state index in [1.807, 2.05) is 0 Å². The second-order valence-corrected chi connectivity index (χ2v) is 5.58. The van der Waals surface area contributed by atoms with E-state index in [4.69, 9.17) is 27.9 Å². The number of hydrogen-bond acceptors (Lipinski definition) is 4. The van der Waals surface area contributed by atoms with E-state index in [0.717, 1.165) is 0 Å². The molecule has 0 aliphatic heterocycles. The van der Waals surface area contributed by atoms with Crippen LogP contribution in [0.25, 0.3) is 0 Å². The number of aromatic nitrogens is 1. The summed E-state index contributed by atoms with van der Waals surface area (Å²) in [5.74, 6) is -0.864. The van der Waals surface area contributed by atoms with Crippen molar-refractivity contribution in [2.75, 3.05) is 25.6 Å². The number of pyridine rings is 1. The van der Waals surface area contributed by atoms with E-state index in [1.165, 1.54) is 25.3 Å². The summed E-state index contributed by atoms with van der Waals surface area (Å²) in [5, 5.41) is 6.04. The van der Waals surface area contributed by atoms with Crippen LogP contribution in [0.5, 0.6) is 0 Å². The number of amides is 2. The third-order valence-electron chi connectivity index (χ3n) is 2.99. The van der Waals surface area contributed by atoms with Crippen molar-refractivity contribution in [2.45, 2.75) is 0 Å². The monoisotopic (exact) mass is 367 g/mol. The number of carbonyl (C=O) groups excluding carboxylic acids is 2. The summed E-state index contributed by atoms with van der Waals surface area (Å²) in [5.41, 5.74) is 0.643. The number of nitrogens with zero attached hydrogens (tertiary/aromatic N) is 1. The number of ether oxygens (including phenoxy) is 1. The lowest BCUT2D eigenvalue weighted by Gasteiger charge is -2.08. The summed E-state index contributed by atoms with van der Waals surface area (Å²) in [7, 11) is 1.54. The van der Waals surface area contributed by atoms with Crippen LogP contribution in [0.2, 0.25) is 10.0 Å². The molecule has 0 aliphatic rings. The fourth-order valence-corrected chi connectivity index (χ4v) is 2.28. The highest BCUT2D eigenvalue weighted by Gasteiger charge is 2.13. The molecule has 6 nitrogen and oxygen atoms in total. The first-order valence-corrected chi connectivity index (χ1v) is 7.77. The molecule has 0 bridgehead atoms. The fourth-order valence-electron chi connectivity index (χ4n) is 1.82. The largest absolute Gasteiger partial charge is 0.383 e. The zero-order chi connectivity index (χ0) is 17.5. The predicted molar refractivity (Wildman–Crippen MR) is 92.9 cm³/mol. The molecule has 0 saturated carbocycles. The third-order valence-corrected chi connectivity index (χ3v) is 3.53. The number of nitrogens with one attached hydrogen (secondary N) is 2. The molecule has 0 radical (unpaired) electrons. The Bertz CT molecular complexity index is 753. The first-order valence-electron chi connectivity index (χ1n) is 7.02. The molecule has 0 fully saturated rings. The van der Waals surface area contributed by atoms with Crippen molar-refractivity contribution in [2.24, 2.45) is 0 Å². The lowest BCUT2D eigenvalue weighted by Crippen LogP contribution is -2.28. The lowest BCUT2D eigenvalue weighted by atomic mass is 10.2. The van der Waals surface area contributed by atoms with Crippen LogP contribution < -0.4 is 10.6 Å². The van der Waals surface area contributed by atoms with Gasteiger partial charge in [-0.05, 0) is 30.3 Å². The van der Waals surface area contributed by atoms with Gasteiger partial charge in [-0.25, -0.2) is 4.98 Å². The van der Waals surface area contributed by atoms with Gasteiger partial charge in [0.2, 0.25) is 0 Å². The molecule has 8 heteroatoms. The molecule has 2 rings (SSSR count). The molecular weight excluding hydrogens is 353 g/mol. The normalized spacial score (nSPS) is 10.3. The third kappa shape index (κ3) is 4.92. The van der Waals surface area contributed by atoms with Gasteiger partial charge in [0.1, 0.15) is 11.4 Å². The van der Waals surface area contributed by atoms with Gasteiger partial charge in [-0.15, -0.1) is 0 Å². The average Bonchev–Trinajstić information content (AvgIpc) is 2.57. The minimum Gasteiger partial charge on any atom is -0.383 e. The molecule has 2 aromatic rings. The smallest absolute Gasteiger partial charge is 0.274 e. The Labute approximate surface area is 149 Å². The minimum atomic E-state index is -0.481. The number of hydrogen-bond donors (Lipinski definition) is 2. The summed E-state index contributed by atoms with van der Waals surface area (Å²) in [6.07, 6.45) is 0. The van der Waals surface area contributed by atoms with Crippen LogP contribution in [-0.2, 0) is 4.74 Å². The van der Waals surface area contributed by atoms with Crippen molar-refractivity contribution in [3.63, 3.8) is 0 Å². The van der Waals surface area contributed by atoms with Crippen LogP contribution in [0.3, 0.4) is 0 Å². The maximum absolute atomic E-state index is 12.3. The Morgan fingerprint density at radius 1 is 1.12 bits per heavy atom. The maximum Gasteiger partial charge on any atom is 0.274 e. The lowest BCUT2D eigenvalue weighted by molar-refractivity contribution is 0.0932. The molecule has 0 atom stereocenters. The summed E-state index contributed by atoms with van der Waals surface area (Å²) in [6.45, 7) is 0.745. The van der Waals surface area contributed by atoms with Gasteiger partial charge in [-0.2, -0.15) is 0 Å². The number of anilines is 1. The fraction of sp³-hybridized carbons (Fsp3) is 0.188. The first kappa shape index (κ1) is 18.2. The van der Waals surface area contributed by atoms with E-state index in [1.54, 1.807) is 18.2 Å². The average molecular weight is 368 g/mol. The first-order chi connectivity index (χ1) is 11.5. The Balaban J connectivity index is 2.09. The van der Waals surface area contributed by atoms with Gasteiger partial charge in [0.05, 0.1) is 17.3 Å². The van der Waals surface area contributed by atoms with Crippen molar-refractivity contribution in [3.8, 4) is 0 Å². The highest BCUT2D eigenvalue weighted by molar-refractivity contribution is 6.36. The highest BCUT2D eigenvalue weighted by atomic mass is 35.5. The SMILES string of the molecule is COCCNC(=O)c1cccc(C(=O)Nc2ccc(Cl)cc2Cl)n1. The molecule has 0 aliphatic carbocycles. The van der Waals surface area contributed by atoms with Crippen LogP contribution in [0.15, 0.2) is 36.4 Å². The standard InChI is InChI=1S/C16H15Cl2N3O3/c1-24-8-7-19-15(22)13-3-2-4-14(20-13)16(23)21-12-6-5-10(17)9-11(12)18/h2-6,9H,7-8H2,1H3,(H,19,22)(H,21,23). The summed E-state index contributed by atoms with van der Waals surface area (Å²) >= 11 is 11.8. The molecule has 24 heavy (non-hydrogen) atoms. The number of methoxy groups -OCH3 is 1. The van der Waals surface area contributed by atoms with E-state index in [0.29, 0.717) is 28.9 Å². The van der Waals surface area contributed by atoms with Gasteiger partial charge >= 0.3 is 0 Å². The van der Waals surface area contributed by atoms with E-state index < -0.39 is 5.91 Å². The summed E-state index contributed by atoms with van der Waals surface area (Å²) in [4.78, 5) is 28.3. The molecular formula is C16H15Cl2N3O3. The molecule has 1 aromatic carbocycles. The van der Waals surface area contributed by atoms with Gasteiger partial charge in [0, 0.05) is 18.7 Å². The Hall–Kier alpha value is -2.15. The number of carbonyl (C=O) groups is 2. The highest BCUT2D eigenvalue weighted by Crippen LogP contribution is 2.25. The zero-order valence-corrected chi connectivity index (χ0v) is 14.3. The molecule has 126 valence electrons. The van der Waals surface area contributed by atoms with Crippen LogP contribution in [0.1, 0.15) is 21.0 Å². The van der Waals surface area contributed by atoms with Crippen molar-refractivity contribution in [1.29, 1.82) is 0 Å². The molecule has 0 unspecified atom stereocenters. The molecule has 0 spiro atoms. The second-order valence-electron chi connectivity index (χ2n) is 4.74. The van der Waals surface area contributed by atoms with Gasteiger partial charge in [-0.3, -0.25) is 9.59 Å². The van der Waals surface area contributed by atoms with Gasteiger partial charge < -0.3 is 15.4 Å². The van der Waals surface area contributed by atoms with Gasteiger partial charge in [0.15, 0.2) is 0 Å². The van der Waals surface area contributed by atoms with Crippen LogP contribution >= 0.6 is 23.2 Å². The van der Waals surface area contributed by atoms with Crippen LogP contribution in [-0.4, -0.2) is 37.1 Å². The number of halogens is 2. The molecule has 1 aromatic heterocycles. The maximum atomic E-state index is 12.3. The van der Waals surface area contributed by atoms with E-state index in [9.17, 15) is 9.59 Å². The van der Waals surface area contributed by atoms with Gasteiger partial charge in [0.25, 0.3) is 11.8 Å². The van der Waals surface area contributed by atoms with Gasteiger partial charge in [-0.1, -0.05) is 29.3 Å². The molecule has 1 heterocycles. The Kier molecular flexibility index (Phi) is 6.54. The van der Waals surface area contributed by atoms with E-state index in [2.05, 4.69) is 15.6 Å². The van der Waals surface area contributed by atoms with Crippen molar-refractivity contribution < 1.29 is 14.3 Å². The minimum absolute atomic E-state index is 0.0976. The molecule has 0 saturated heterocycles. The van der Waals surface area contributed by atoms with Crippen molar-refractivity contribution in [3.05, 3.63) is 57.8 Å². The van der Waals surface area contributed by atoms with Crippen LogP contribution in [0, 0.1) is 0 Å².